The Labute approximate surface area is 180 Å². The molecule has 165 valence electrons. The predicted molar refractivity (Wildman–Crippen MR) is 125 cm³/mol. The van der Waals surface area contributed by atoms with Gasteiger partial charge in [-0.2, -0.15) is 0 Å². The summed E-state index contributed by atoms with van der Waals surface area (Å²) in [5.41, 5.74) is 0.570. The highest BCUT2D eigenvalue weighted by Crippen LogP contribution is 2.23. The van der Waals surface area contributed by atoms with Crippen molar-refractivity contribution in [3.63, 3.8) is 0 Å². The van der Waals surface area contributed by atoms with Crippen molar-refractivity contribution in [2.24, 2.45) is 23.7 Å². The van der Waals surface area contributed by atoms with Crippen molar-refractivity contribution < 1.29 is 9.53 Å². The maximum atomic E-state index is 10.5. The molecule has 1 aromatic rings. The van der Waals surface area contributed by atoms with Gasteiger partial charge in [0.15, 0.2) is 0 Å². The molecule has 1 rings (SSSR count). The number of carbonyl (C=O) groups excluding carboxylic acids is 1. The van der Waals surface area contributed by atoms with Crippen molar-refractivity contribution in [3.8, 4) is 5.75 Å². The van der Waals surface area contributed by atoms with E-state index in [0.717, 1.165) is 36.5 Å². The molecule has 1 radical (unpaired) electrons. The molecule has 0 aliphatic carbocycles. The Morgan fingerprint density at radius 3 is 1.59 bits per heavy atom. The first-order chi connectivity index (χ1) is 13.9. The van der Waals surface area contributed by atoms with Crippen LogP contribution in [0, 0.1) is 23.7 Å². The van der Waals surface area contributed by atoms with E-state index in [1.807, 2.05) is 18.4 Å². The largest absolute Gasteiger partial charge is 0.494 e. The standard InChI is InChI=1S/C27H45O2/c1-22(2)9-6-10-23(3)11-7-12-24(4)13-8-14-25(5)19-20-29-27-17-15-26(21-28)16-18-27/h15-18,22-25H,6-14,19-20H2,1-5H3/t23-,24-,25?/m1/s1. The fourth-order valence-corrected chi connectivity index (χ4v) is 3.93. The second-order valence-corrected chi connectivity index (χ2v) is 9.77. The lowest BCUT2D eigenvalue weighted by Crippen LogP contribution is -2.05. The summed E-state index contributed by atoms with van der Waals surface area (Å²) in [6.45, 7) is 12.6. The number of rotatable bonds is 17. The molecule has 0 spiro atoms. The van der Waals surface area contributed by atoms with Crippen LogP contribution in [0.25, 0.3) is 0 Å². The fourth-order valence-electron chi connectivity index (χ4n) is 3.93. The predicted octanol–water partition coefficient (Wildman–Crippen LogP) is 7.99. The fraction of sp³-hybridized carbons (Fsp3) is 0.741. The van der Waals surface area contributed by atoms with E-state index in [9.17, 15) is 4.79 Å². The van der Waals surface area contributed by atoms with Gasteiger partial charge in [-0.15, -0.1) is 0 Å². The van der Waals surface area contributed by atoms with E-state index in [-0.39, 0.29) is 0 Å². The SMILES string of the molecule is CC(C)CCC[C@@H](C)CCC[C@@H](C)CCCC(C)CCOc1ccc([C]=O)cc1. The molecule has 0 aliphatic rings. The van der Waals surface area contributed by atoms with Gasteiger partial charge in [-0.25, -0.2) is 0 Å². The number of hydrogen-bond acceptors (Lipinski definition) is 2. The van der Waals surface area contributed by atoms with Crippen LogP contribution in [0.3, 0.4) is 0 Å². The first kappa shape index (κ1) is 25.7. The van der Waals surface area contributed by atoms with Crippen molar-refractivity contribution in [2.75, 3.05) is 6.61 Å². The monoisotopic (exact) mass is 401 g/mol. The molecule has 1 aromatic carbocycles. The number of ether oxygens (including phenoxy) is 1. The second-order valence-electron chi connectivity index (χ2n) is 9.77. The Hall–Kier alpha value is -1.31. The van der Waals surface area contributed by atoms with Gasteiger partial charge in [-0.05, 0) is 54.4 Å². The molecule has 29 heavy (non-hydrogen) atoms. The Morgan fingerprint density at radius 2 is 1.14 bits per heavy atom. The highest BCUT2D eigenvalue weighted by molar-refractivity contribution is 5.75. The van der Waals surface area contributed by atoms with Crippen molar-refractivity contribution >= 4 is 6.29 Å². The molecule has 0 amide bonds. The normalized spacial score (nSPS) is 14.6. The molecule has 0 saturated carbocycles. The van der Waals surface area contributed by atoms with Gasteiger partial charge in [-0.3, -0.25) is 4.79 Å². The molecule has 0 aromatic heterocycles. The maximum Gasteiger partial charge on any atom is 0.233 e. The maximum absolute atomic E-state index is 10.5. The second kappa shape index (κ2) is 15.5. The van der Waals surface area contributed by atoms with Crippen molar-refractivity contribution in [1.29, 1.82) is 0 Å². The third-order valence-electron chi connectivity index (χ3n) is 6.12. The van der Waals surface area contributed by atoms with E-state index >= 15 is 0 Å². The summed E-state index contributed by atoms with van der Waals surface area (Å²) in [6, 6.07) is 7.19. The third kappa shape index (κ3) is 13.5. The Balaban J connectivity index is 2.02. The van der Waals surface area contributed by atoms with Crippen LogP contribution in [0.4, 0.5) is 0 Å². The molecule has 0 N–H and O–H groups in total. The lowest BCUT2D eigenvalue weighted by atomic mass is 9.91. The van der Waals surface area contributed by atoms with E-state index < -0.39 is 0 Å². The highest BCUT2D eigenvalue weighted by atomic mass is 16.5. The van der Waals surface area contributed by atoms with E-state index in [4.69, 9.17) is 4.74 Å². The number of benzene rings is 1. The lowest BCUT2D eigenvalue weighted by Gasteiger charge is -2.16. The zero-order valence-corrected chi connectivity index (χ0v) is 19.7. The van der Waals surface area contributed by atoms with Crippen molar-refractivity contribution in [2.45, 2.75) is 98.8 Å². The first-order valence-corrected chi connectivity index (χ1v) is 12.0. The minimum Gasteiger partial charge on any atom is -0.494 e. The summed E-state index contributed by atoms with van der Waals surface area (Å²) in [4.78, 5) is 10.5. The summed E-state index contributed by atoms with van der Waals surface area (Å²) in [6.07, 6.45) is 15.3. The molecule has 2 nitrogen and oxygen atoms in total. The zero-order chi connectivity index (χ0) is 21.5. The van der Waals surface area contributed by atoms with Gasteiger partial charge in [0.1, 0.15) is 5.75 Å². The third-order valence-corrected chi connectivity index (χ3v) is 6.12. The van der Waals surface area contributed by atoms with Crippen molar-refractivity contribution in [1.82, 2.24) is 0 Å². The van der Waals surface area contributed by atoms with Gasteiger partial charge in [0.05, 0.1) is 6.61 Å². The van der Waals surface area contributed by atoms with Crippen LogP contribution >= 0.6 is 0 Å². The van der Waals surface area contributed by atoms with Gasteiger partial charge < -0.3 is 4.74 Å². The van der Waals surface area contributed by atoms with Gasteiger partial charge in [0, 0.05) is 5.56 Å². The molecule has 3 atom stereocenters. The summed E-state index contributed by atoms with van der Waals surface area (Å²) in [5, 5.41) is 0. The van der Waals surface area contributed by atoms with Crippen LogP contribution in [0.15, 0.2) is 24.3 Å². The summed E-state index contributed by atoms with van der Waals surface area (Å²) in [7, 11) is 0. The van der Waals surface area contributed by atoms with Crippen LogP contribution in [0.2, 0.25) is 0 Å². The van der Waals surface area contributed by atoms with Crippen LogP contribution in [0.5, 0.6) is 5.75 Å². The molecular weight excluding hydrogens is 356 g/mol. The van der Waals surface area contributed by atoms with Gasteiger partial charge in [-0.1, -0.05) is 92.4 Å². The molecule has 0 bridgehead atoms. The molecule has 0 fully saturated rings. The summed E-state index contributed by atoms with van der Waals surface area (Å²) < 4.78 is 5.79. The molecule has 1 unspecified atom stereocenters. The lowest BCUT2D eigenvalue weighted by molar-refractivity contribution is 0.274. The number of hydrogen-bond donors (Lipinski definition) is 0. The van der Waals surface area contributed by atoms with Crippen molar-refractivity contribution in [3.05, 3.63) is 29.8 Å². The molecule has 0 aliphatic heterocycles. The topological polar surface area (TPSA) is 26.3 Å². The first-order valence-electron chi connectivity index (χ1n) is 12.0. The molecule has 0 saturated heterocycles. The Kier molecular flexibility index (Phi) is 13.8. The Bertz CT molecular complexity index is 520. The van der Waals surface area contributed by atoms with E-state index in [0.29, 0.717) is 11.5 Å². The summed E-state index contributed by atoms with van der Waals surface area (Å²) in [5.74, 6) is 4.14. The molecule has 0 heterocycles. The quantitative estimate of drug-likeness (QED) is 0.264. The van der Waals surface area contributed by atoms with Crippen LogP contribution < -0.4 is 4.74 Å². The highest BCUT2D eigenvalue weighted by Gasteiger charge is 2.08. The average Bonchev–Trinajstić information content (AvgIpc) is 2.68. The van der Waals surface area contributed by atoms with Gasteiger partial charge in [0.25, 0.3) is 0 Å². The molecule has 2 heteroatoms. The Morgan fingerprint density at radius 1 is 0.690 bits per heavy atom. The van der Waals surface area contributed by atoms with Crippen LogP contribution in [-0.4, -0.2) is 12.9 Å². The smallest absolute Gasteiger partial charge is 0.233 e. The minimum atomic E-state index is 0.570. The molecular formula is C27H45O2. The average molecular weight is 402 g/mol. The van der Waals surface area contributed by atoms with Gasteiger partial charge in [0.2, 0.25) is 6.29 Å². The van der Waals surface area contributed by atoms with Crippen LogP contribution in [0.1, 0.15) is 104 Å². The zero-order valence-electron chi connectivity index (χ0n) is 19.7. The van der Waals surface area contributed by atoms with Crippen LogP contribution in [-0.2, 0) is 4.79 Å². The van der Waals surface area contributed by atoms with E-state index in [2.05, 4.69) is 34.6 Å². The summed E-state index contributed by atoms with van der Waals surface area (Å²) >= 11 is 0. The minimum absolute atomic E-state index is 0.570. The van der Waals surface area contributed by atoms with E-state index in [1.54, 1.807) is 12.1 Å². The van der Waals surface area contributed by atoms with E-state index in [1.165, 1.54) is 57.8 Å². The van der Waals surface area contributed by atoms with Gasteiger partial charge >= 0.3 is 0 Å².